The van der Waals surface area contributed by atoms with Crippen molar-refractivity contribution in [2.75, 3.05) is 31.7 Å². The first-order chi connectivity index (χ1) is 18.9. The second-order valence-corrected chi connectivity index (χ2v) is 10.4. The van der Waals surface area contributed by atoms with E-state index < -0.39 is 5.54 Å². The molecule has 0 spiro atoms. The van der Waals surface area contributed by atoms with Crippen molar-refractivity contribution in [2.24, 2.45) is 0 Å². The lowest BCUT2D eigenvalue weighted by molar-refractivity contribution is -0.124. The molecule has 0 bridgehead atoms. The molecule has 2 aliphatic heterocycles. The van der Waals surface area contributed by atoms with Crippen LogP contribution in [0, 0.1) is 0 Å². The minimum absolute atomic E-state index is 0.120. The summed E-state index contributed by atoms with van der Waals surface area (Å²) < 4.78 is 5.42. The van der Waals surface area contributed by atoms with E-state index in [1.807, 2.05) is 49.4 Å². The van der Waals surface area contributed by atoms with Crippen molar-refractivity contribution in [1.82, 2.24) is 20.2 Å². The van der Waals surface area contributed by atoms with Crippen molar-refractivity contribution in [3.8, 4) is 11.3 Å². The van der Waals surface area contributed by atoms with Crippen LogP contribution in [-0.2, 0) is 21.6 Å². The van der Waals surface area contributed by atoms with Crippen LogP contribution in [0.2, 0.25) is 5.02 Å². The SMILES string of the molecule is CCC(CO)(NC(=O)CN1Cc2ccc(-c3nc(NC4CCOCC4)ncc3Cl)cc2C1=O)c1ccccc1. The second kappa shape index (κ2) is 11.7. The van der Waals surface area contributed by atoms with Gasteiger partial charge in [-0.3, -0.25) is 9.59 Å². The Morgan fingerprint density at radius 1 is 1.21 bits per heavy atom. The maximum Gasteiger partial charge on any atom is 0.254 e. The molecule has 39 heavy (non-hydrogen) atoms. The van der Waals surface area contributed by atoms with Crippen LogP contribution in [0.25, 0.3) is 11.3 Å². The lowest BCUT2D eigenvalue weighted by Crippen LogP contribution is -2.51. The monoisotopic (exact) mass is 549 g/mol. The molecule has 3 aromatic rings. The van der Waals surface area contributed by atoms with Crippen molar-refractivity contribution < 1.29 is 19.4 Å². The van der Waals surface area contributed by atoms with Gasteiger partial charge in [-0.15, -0.1) is 0 Å². The highest BCUT2D eigenvalue weighted by atomic mass is 35.5. The van der Waals surface area contributed by atoms with Crippen molar-refractivity contribution >= 4 is 29.4 Å². The first-order valence-electron chi connectivity index (χ1n) is 13.2. The van der Waals surface area contributed by atoms with Gasteiger partial charge in [-0.1, -0.05) is 61.0 Å². The van der Waals surface area contributed by atoms with E-state index in [1.54, 1.807) is 12.3 Å². The summed E-state index contributed by atoms with van der Waals surface area (Å²) in [5, 5.41) is 16.9. The zero-order valence-corrected chi connectivity index (χ0v) is 22.6. The van der Waals surface area contributed by atoms with Gasteiger partial charge in [-0.2, -0.15) is 0 Å². The highest BCUT2D eigenvalue weighted by molar-refractivity contribution is 6.33. The Hall–Kier alpha value is -3.53. The van der Waals surface area contributed by atoms with Crippen molar-refractivity contribution in [3.05, 3.63) is 76.4 Å². The van der Waals surface area contributed by atoms with Gasteiger partial charge in [0.2, 0.25) is 11.9 Å². The zero-order chi connectivity index (χ0) is 27.4. The van der Waals surface area contributed by atoms with E-state index in [9.17, 15) is 14.7 Å². The van der Waals surface area contributed by atoms with E-state index in [-0.39, 0.29) is 31.0 Å². The van der Waals surface area contributed by atoms with Crippen LogP contribution in [0.4, 0.5) is 5.95 Å². The summed E-state index contributed by atoms with van der Waals surface area (Å²) >= 11 is 6.46. The quantitative estimate of drug-likeness (QED) is 0.372. The molecular formula is C29H32ClN5O4. The van der Waals surface area contributed by atoms with E-state index in [0.717, 1.165) is 24.0 Å². The van der Waals surface area contributed by atoms with E-state index in [2.05, 4.69) is 20.6 Å². The summed E-state index contributed by atoms with van der Waals surface area (Å²) in [6, 6.07) is 15.1. The average molecular weight is 550 g/mol. The molecule has 2 aromatic carbocycles. The number of hydrogen-bond acceptors (Lipinski definition) is 7. The number of fused-ring (bicyclic) bond motifs is 1. The largest absolute Gasteiger partial charge is 0.394 e. The fourth-order valence-corrected chi connectivity index (χ4v) is 5.34. The van der Waals surface area contributed by atoms with Gasteiger partial charge in [-0.05, 0) is 36.5 Å². The first kappa shape index (κ1) is 27.1. The number of rotatable bonds is 9. The lowest BCUT2D eigenvalue weighted by Gasteiger charge is -2.33. The van der Waals surface area contributed by atoms with Crippen molar-refractivity contribution in [1.29, 1.82) is 0 Å². The number of amides is 2. The Balaban J connectivity index is 1.30. The Kier molecular flexibility index (Phi) is 8.11. The summed E-state index contributed by atoms with van der Waals surface area (Å²) in [6.07, 6.45) is 3.81. The fraction of sp³-hybridized carbons (Fsp3) is 0.379. The predicted octanol–water partition coefficient (Wildman–Crippen LogP) is 3.76. The summed E-state index contributed by atoms with van der Waals surface area (Å²) in [4.78, 5) is 36.8. The number of aliphatic hydroxyl groups excluding tert-OH is 1. The number of nitrogens with zero attached hydrogens (tertiary/aromatic N) is 3. The number of halogens is 1. The zero-order valence-electron chi connectivity index (χ0n) is 21.8. The van der Waals surface area contributed by atoms with E-state index in [4.69, 9.17) is 16.3 Å². The molecule has 3 N–H and O–H groups in total. The van der Waals surface area contributed by atoms with Crippen molar-refractivity contribution in [2.45, 2.75) is 44.3 Å². The van der Waals surface area contributed by atoms with Crippen LogP contribution in [0.3, 0.4) is 0 Å². The molecule has 10 heteroatoms. The number of carbonyl (C=O) groups excluding carboxylic acids is 2. The molecule has 2 aliphatic rings. The molecule has 5 rings (SSSR count). The van der Waals surface area contributed by atoms with Gasteiger partial charge >= 0.3 is 0 Å². The summed E-state index contributed by atoms with van der Waals surface area (Å²) in [5.74, 6) is -0.0922. The molecule has 0 radical (unpaired) electrons. The highest BCUT2D eigenvalue weighted by Crippen LogP contribution is 2.32. The van der Waals surface area contributed by atoms with Gasteiger partial charge in [0.25, 0.3) is 5.91 Å². The normalized spacial score (nSPS) is 17.0. The third kappa shape index (κ3) is 5.75. The van der Waals surface area contributed by atoms with Gasteiger partial charge in [0.05, 0.1) is 29.1 Å². The molecule has 1 fully saturated rings. The van der Waals surface area contributed by atoms with Gasteiger partial charge in [0, 0.05) is 36.9 Å². The maximum atomic E-state index is 13.3. The standard InChI is InChI=1S/C29H32ClN5O4/c1-2-29(18-36,21-6-4-3-5-7-21)34-25(37)17-35-16-20-9-8-19(14-23(20)27(35)38)26-24(30)15-31-28(33-26)32-22-10-12-39-13-11-22/h3-9,14-15,22,36H,2,10-13,16-18H2,1H3,(H,34,37)(H,31,32,33). The third-order valence-electron chi connectivity index (χ3n) is 7.47. The molecule has 3 heterocycles. The summed E-state index contributed by atoms with van der Waals surface area (Å²) in [7, 11) is 0. The number of ether oxygens (including phenoxy) is 1. The molecule has 1 saturated heterocycles. The number of benzene rings is 2. The molecule has 9 nitrogen and oxygen atoms in total. The molecule has 1 aromatic heterocycles. The van der Waals surface area contributed by atoms with Crippen LogP contribution >= 0.6 is 11.6 Å². The third-order valence-corrected chi connectivity index (χ3v) is 7.75. The van der Waals surface area contributed by atoms with Crippen molar-refractivity contribution in [3.63, 3.8) is 0 Å². The summed E-state index contributed by atoms with van der Waals surface area (Å²) in [5.41, 5.74) is 2.48. The van der Waals surface area contributed by atoms with Gasteiger partial charge in [0.15, 0.2) is 0 Å². The number of aromatic nitrogens is 2. The van der Waals surface area contributed by atoms with Crippen LogP contribution in [-0.4, -0.2) is 64.2 Å². The van der Waals surface area contributed by atoms with Crippen LogP contribution in [0.5, 0.6) is 0 Å². The van der Waals surface area contributed by atoms with Crippen LogP contribution in [0.15, 0.2) is 54.7 Å². The average Bonchev–Trinajstić information content (AvgIpc) is 3.27. The highest BCUT2D eigenvalue weighted by Gasteiger charge is 2.34. The Bertz CT molecular complexity index is 1340. The number of hydrogen-bond donors (Lipinski definition) is 3. The minimum atomic E-state index is -0.915. The second-order valence-electron chi connectivity index (χ2n) is 9.96. The van der Waals surface area contributed by atoms with E-state index in [0.29, 0.717) is 54.0 Å². The molecule has 2 amide bonds. The predicted molar refractivity (Wildman–Crippen MR) is 148 cm³/mol. The van der Waals surface area contributed by atoms with Gasteiger partial charge in [-0.25, -0.2) is 9.97 Å². The van der Waals surface area contributed by atoms with E-state index in [1.165, 1.54) is 4.90 Å². The number of aliphatic hydroxyl groups is 1. The van der Waals surface area contributed by atoms with Crippen LogP contribution < -0.4 is 10.6 Å². The minimum Gasteiger partial charge on any atom is -0.394 e. The number of carbonyl (C=O) groups is 2. The fourth-order valence-electron chi connectivity index (χ4n) is 5.14. The molecular weight excluding hydrogens is 518 g/mol. The topological polar surface area (TPSA) is 117 Å². The van der Waals surface area contributed by atoms with Crippen LogP contribution in [0.1, 0.15) is 47.7 Å². The molecule has 0 aliphatic carbocycles. The van der Waals surface area contributed by atoms with Gasteiger partial charge in [0.1, 0.15) is 6.54 Å². The lowest BCUT2D eigenvalue weighted by atomic mass is 9.88. The smallest absolute Gasteiger partial charge is 0.254 e. The molecule has 1 atom stereocenters. The Morgan fingerprint density at radius 3 is 2.69 bits per heavy atom. The Morgan fingerprint density at radius 2 is 1.97 bits per heavy atom. The van der Waals surface area contributed by atoms with Gasteiger partial charge < -0.3 is 25.4 Å². The summed E-state index contributed by atoms with van der Waals surface area (Å²) in [6.45, 7) is 3.26. The molecule has 204 valence electrons. The number of nitrogens with one attached hydrogen (secondary N) is 2. The molecule has 1 unspecified atom stereocenters. The maximum absolute atomic E-state index is 13.3. The van der Waals surface area contributed by atoms with E-state index >= 15 is 0 Å². The Labute approximate surface area is 232 Å². The molecule has 0 saturated carbocycles. The number of anilines is 1. The first-order valence-corrected chi connectivity index (χ1v) is 13.6.